The molecule has 0 aromatic heterocycles. The number of amides is 4. The molecule has 1 saturated heterocycles. The highest BCUT2D eigenvalue weighted by Crippen LogP contribution is 2.55. The molecule has 5 atom stereocenters. The second-order valence-electron chi connectivity index (χ2n) is 14.2. The van der Waals surface area contributed by atoms with Crippen molar-refractivity contribution in [2.75, 3.05) is 6.54 Å². The highest BCUT2D eigenvalue weighted by Gasteiger charge is 2.55. The van der Waals surface area contributed by atoms with Crippen molar-refractivity contribution in [1.82, 2.24) is 15.1 Å². The summed E-state index contributed by atoms with van der Waals surface area (Å²) in [4.78, 5) is 66.2. The van der Waals surface area contributed by atoms with Gasteiger partial charge in [0, 0.05) is 16.5 Å². The number of carboxylic acid groups (broad SMARTS) is 1. The summed E-state index contributed by atoms with van der Waals surface area (Å²) in [5.74, 6) is -1.75. The summed E-state index contributed by atoms with van der Waals surface area (Å²) in [6.45, 7) is 7.31. The molecular formula is C33H46Cl2N4O8. The van der Waals surface area contributed by atoms with Crippen molar-refractivity contribution in [3.63, 3.8) is 0 Å². The van der Waals surface area contributed by atoms with Gasteiger partial charge in [0.1, 0.15) is 23.8 Å². The van der Waals surface area contributed by atoms with Crippen LogP contribution in [0, 0.1) is 11.3 Å². The highest BCUT2D eigenvalue weighted by atomic mass is 35.5. The summed E-state index contributed by atoms with van der Waals surface area (Å²) in [5, 5.41) is 13.0. The van der Waals surface area contributed by atoms with Crippen molar-refractivity contribution in [1.29, 1.82) is 0 Å². The molecule has 1 aliphatic carbocycles. The van der Waals surface area contributed by atoms with Crippen molar-refractivity contribution in [3.8, 4) is 0 Å². The molecule has 12 nitrogen and oxygen atoms in total. The lowest BCUT2D eigenvalue weighted by Crippen LogP contribution is -2.53. The average Bonchev–Trinajstić information content (AvgIpc) is 3.30. The summed E-state index contributed by atoms with van der Waals surface area (Å²) in [7, 11) is 0. The van der Waals surface area contributed by atoms with Crippen LogP contribution in [0.2, 0.25) is 10.0 Å². The standard InChI is InChI=1S/C33H46Cl2N4O8/c1-32(2,3)47-30(44)37-25(11-9-7-5-6-8-10-19-15-33(19,4)29(42)43)28(41)39-16-20(14-26(39)27(36)40)46-31(45)38-17-21-22(18-38)24(35)13-12-23(21)34/h12-13,19-20,25-26H,5-11,14-18H2,1-4H3,(H2,36,40)(H,37,44)(H,42,43)/t19-,20-,25+,26+,33+/m1/s1. The molecule has 0 spiro atoms. The van der Waals surface area contributed by atoms with Gasteiger partial charge in [-0.05, 0) is 76.1 Å². The number of nitrogens with two attached hydrogens (primary N) is 1. The Morgan fingerprint density at radius 2 is 1.64 bits per heavy atom. The SMILES string of the molecule is CC(C)(C)OC(=O)N[C@@H](CCCCCCC[C@@H]1C[C@]1(C)C(=O)O)C(=O)N1C[C@H](OC(=O)N2Cc3c(Cl)ccc(Cl)c3C2)C[C@H]1C(N)=O. The predicted molar refractivity (Wildman–Crippen MR) is 175 cm³/mol. The van der Waals surface area contributed by atoms with Crippen molar-refractivity contribution < 1.29 is 38.6 Å². The Kier molecular flexibility index (Phi) is 11.6. The molecule has 1 aromatic carbocycles. The Balaban J connectivity index is 1.33. The first-order valence-electron chi connectivity index (χ1n) is 16.2. The van der Waals surface area contributed by atoms with E-state index in [0.29, 0.717) is 22.9 Å². The quantitative estimate of drug-likeness (QED) is 0.223. The zero-order valence-corrected chi connectivity index (χ0v) is 29.0. The second kappa shape index (κ2) is 14.9. The van der Waals surface area contributed by atoms with Gasteiger partial charge in [0.2, 0.25) is 11.8 Å². The number of ether oxygens (including phenoxy) is 2. The number of hydrogen-bond donors (Lipinski definition) is 3. The predicted octanol–water partition coefficient (Wildman–Crippen LogP) is 5.64. The summed E-state index contributed by atoms with van der Waals surface area (Å²) in [6, 6.07) is 1.33. The van der Waals surface area contributed by atoms with E-state index in [1.807, 2.05) is 0 Å². The van der Waals surface area contributed by atoms with E-state index in [2.05, 4.69) is 5.32 Å². The van der Waals surface area contributed by atoms with Crippen LogP contribution in [0.25, 0.3) is 0 Å². The van der Waals surface area contributed by atoms with E-state index >= 15 is 0 Å². The van der Waals surface area contributed by atoms with Crippen molar-refractivity contribution >= 4 is 53.2 Å². The third kappa shape index (κ3) is 9.22. The Labute approximate surface area is 285 Å². The minimum Gasteiger partial charge on any atom is -0.481 e. The fraction of sp³-hybridized carbons (Fsp3) is 0.667. The lowest BCUT2D eigenvalue weighted by atomic mass is 10.0. The van der Waals surface area contributed by atoms with Crippen LogP contribution in [-0.4, -0.2) is 75.2 Å². The van der Waals surface area contributed by atoms with E-state index in [1.165, 1.54) is 9.80 Å². The highest BCUT2D eigenvalue weighted by molar-refractivity contribution is 6.34. The number of fused-ring (bicyclic) bond motifs is 1. The molecular weight excluding hydrogens is 651 g/mol. The maximum absolute atomic E-state index is 13.9. The van der Waals surface area contributed by atoms with Crippen LogP contribution in [0.3, 0.4) is 0 Å². The molecule has 2 fully saturated rings. The van der Waals surface area contributed by atoms with E-state index in [4.69, 9.17) is 38.4 Å². The maximum atomic E-state index is 13.9. The number of carbonyl (C=O) groups excluding carboxylic acids is 4. The van der Waals surface area contributed by atoms with Crippen molar-refractivity contribution in [3.05, 3.63) is 33.3 Å². The fourth-order valence-corrected chi connectivity index (χ4v) is 6.94. The summed E-state index contributed by atoms with van der Waals surface area (Å²) < 4.78 is 11.1. The molecule has 0 bridgehead atoms. The average molecular weight is 698 g/mol. The van der Waals surface area contributed by atoms with Crippen LogP contribution in [0.4, 0.5) is 9.59 Å². The van der Waals surface area contributed by atoms with E-state index in [0.717, 1.165) is 49.7 Å². The van der Waals surface area contributed by atoms with E-state index < -0.39 is 59.2 Å². The Hall–Kier alpha value is -3.25. The maximum Gasteiger partial charge on any atom is 0.410 e. The minimum absolute atomic E-state index is 0.0240. The molecule has 1 saturated carbocycles. The van der Waals surface area contributed by atoms with Crippen molar-refractivity contribution in [2.45, 2.75) is 122 Å². The summed E-state index contributed by atoms with van der Waals surface area (Å²) in [6.07, 6.45) is 3.93. The Morgan fingerprint density at radius 1 is 1.04 bits per heavy atom. The number of nitrogens with one attached hydrogen (secondary N) is 1. The first-order valence-corrected chi connectivity index (χ1v) is 17.0. The molecule has 1 aromatic rings. The summed E-state index contributed by atoms with van der Waals surface area (Å²) >= 11 is 12.6. The molecule has 4 N–H and O–H groups in total. The number of primary amides is 1. The zero-order chi connectivity index (χ0) is 34.7. The monoisotopic (exact) mass is 696 g/mol. The molecule has 47 heavy (non-hydrogen) atoms. The molecule has 0 radical (unpaired) electrons. The molecule has 4 rings (SSSR count). The first-order chi connectivity index (χ1) is 22.0. The number of alkyl carbamates (subject to hydrolysis) is 1. The van der Waals surface area contributed by atoms with Crippen LogP contribution in [-0.2, 0) is 36.9 Å². The van der Waals surface area contributed by atoms with Gasteiger partial charge in [-0.15, -0.1) is 0 Å². The second-order valence-corrected chi connectivity index (χ2v) is 15.0. The van der Waals surface area contributed by atoms with Gasteiger partial charge in [0.15, 0.2) is 0 Å². The third-order valence-electron chi connectivity index (χ3n) is 9.35. The first kappa shape index (κ1) is 36.6. The molecule has 2 heterocycles. The van der Waals surface area contributed by atoms with Gasteiger partial charge in [0.25, 0.3) is 0 Å². The molecule has 4 amide bonds. The number of unbranched alkanes of at least 4 members (excludes halogenated alkanes) is 4. The van der Waals surface area contributed by atoms with Crippen LogP contribution in [0.15, 0.2) is 12.1 Å². The molecule has 260 valence electrons. The molecule has 2 aliphatic heterocycles. The number of carboxylic acids is 1. The third-order valence-corrected chi connectivity index (χ3v) is 10.1. The molecule has 14 heteroatoms. The number of rotatable bonds is 13. The normalized spacial score (nSPS) is 24.0. The van der Waals surface area contributed by atoms with Gasteiger partial charge in [0.05, 0.1) is 25.0 Å². The number of nitrogens with zero attached hydrogens (tertiary/aromatic N) is 2. The summed E-state index contributed by atoms with van der Waals surface area (Å²) in [5.41, 5.74) is 5.80. The minimum atomic E-state index is -1.03. The number of hydrogen-bond acceptors (Lipinski definition) is 7. The van der Waals surface area contributed by atoms with E-state index in [-0.39, 0.29) is 32.0 Å². The molecule has 0 unspecified atom stereocenters. The van der Waals surface area contributed by atoms with Crippen LogP contribution in [0.1, 0.15) is 96.6 Å². The van der Waals surface area contributed by atoms with E-state index in [9.17, 15) is 29.1 Å². The lowest BCUT2D eigenvalue weighted by molar-refractivity contribution is -0.143. The number of aliphatic carboxylic acids is 1. The lowest BCUT2D eigenvalue weighted by Gasteiger charge is -2.28. The fourth-order valence-electron chi connectivity index (χ4n) is 6.47. The number of halogens is 2. The van der Waals surface area contributed by atoms with Crippen LogP contribution >= 0.6 is 23.2 Å². The number of likely N-dealkylation sites (tertiary alicyclic amines) is 1. The van der Waals surface area contributed by atoms with Gasteiger partial charge in [-0.1, -0.05) is 55.3 Å². The molecule has 3 aliphatic rings. The largest absolute Gasteiger partial charge is 0.481 e. The topological polar surface area (TPSA) is 169 Å². The van der Waals surface area contributed by atoms with Gasteiger partial charge in [-0.3, -0.25) is 19.3 Å². The van der Waals surface area contributed by atoms with Gasteiger partial charge in [-0.2, -0.15) is 0 Å². The Bertz CT molecular complexity index is 1350. The van der Waals surface area contributed by atoms with E-state index in [1.54, 1.807) is 39.8 Å². The van der Waals surface area contributed by atoms with Crippen LogP contribution < -0.4 is 11.1 Å². The van der Waals surface area contributed by atoms with Crippen molar-refractivity contribution in [2.24, 2.45) is 17.1 Å². The zero-order valence-electron chi connectivity index (χ0n) is 27.5. The smallest absolute Gasteiger partial charge is 0.410 e. The van der Waals surface area contributed by atoms with Crippen LogP contribution in [0.5, 0.6) is 0 Å². The van der Waals surface area contributed by atoms with Gasteiger partial charge < -0.3 is 30.5 Å². The number of benzene rings is 1. The number of carbonyl (C=O) groups is 5. The Morgan fingerprint density at radius 3 is 2.19 bits per heavy atom. The van der Waals surface area contributed by atoms with Gasteiger partial charge in [-0.25, -0.2) is 9.59 Å². The van der Waals surface area contributed by atoms with Gasteiger partial charge >= 0.3 is 18.2 Å².